The maximum absolute atomic E-state index is 14.5. The van der Waals surface area contributed by atoms with Crippen molar-refractivity contribution >= 4 is 34.3 Å². The van der Waals surface area contributed by atoms with Gasteiger partial charge >= 0.3 is 0 Å². The van der Waals surface area contributed by atoms with Crippen molar-refractivity contribution in [2.24, 2.45) is 0 Å². The molecule has 10 heteroatoms. The maximum Gasteiger partial charge on any atom is 0.163 e. The summed E-state index contributed by atoms with van der Waals surface area (Å²) in [4.78, 5) is 0.940. The molecule has 0 aliphatic carbocycles. The first-order valence-electron chi connectivity index (χ1n) is 9.46. The van der Waals surface area contributed by atoms with Gasteiger partial charge in [-0.05, 0) is 24.3 Å². The molecule has 31 heavy (non-hydrogen) atoms. The van der Waals surface area contributed by atoms with E-state index in [4.69, 9.17) is 21.1 Å². The lowest BCUT2D eigenvalue weighted by Crippen LogP contribution is -2.56. The molecule has 0 saturated carbocycles. The summed E-state index contributed by atoms with van der Waals surface area (Å²) < 4.78 is 26.8. The third-order valence-electron chi connectivity index (χ3n) is 5.27. The van der Waals surface area contributed by atoms with Gasteiger partial charge in [0.05, 0.1) is 24.3 Å². The molecule has 2 aromatic carbocycles. The average molecular weight is 470 g/mol. The van der Waals surface area contributed by atoms with Gasteiger partial charge in [0.15, 0.2) is 6.23 Å². The molecule has 0 amide bonds. The molecular weight excluding hydrogens is 449 g/mol. The molecule has 1 aliphatic heterocycles. The fourth-order valence-corrected chi connectivity index (χ4v) is 4.98. The second-order valence-electron chi connectivity index (χ2n) is 7.15. The smallest absolute Gasteiger partial charge is 0.163 e. The summed E-state index contributed by atoms with van der Waals surface area (Å²) in [5.74, 6) is -0.0752. The Bertz CT molecular complexity index is 1090. The summed E-state index contributed by atoms with van der Waals surface area (Å²) in [6, 6.07) is 9.66. The predicted molar refractivity (Wildman–Crippen MR) is 113 cm³/mol. The van der Waals surface area contributed by atoms with Crippen molar-refractivity contribution in [1.82, 2.24) is 4.57 Å². The molecule has 1 aromatic heterocycles. The molecule has 2 heterocycles. The van der Waals surface area contributed by atoms with Gasteiger partial charge in [-0.2, -0.15) is 0 Å². The number of ether oxygens (including phenoxy) is 2. The number of nitrogens with zero attached hydrogens (tertiary/aromatic N) is 1. The van der Waals surface area contributed by atoms with Crippen LogP contribution in [0.5, 0.6) is 5.75 Å². The minimum Gasteiger partial charge on any atom is -0.497 e. The Kier molecular flexibility index (Phi) is 6.45. The standard InChI is InChI=1S/C21H21ClFNO6S/c1-29-10-5-6-15(12(23)7-10)31-16-8-24(13-4-2-3-11(22)17(13)16)21-20(28)19(27)18(26)14(9-25)30-21/h2-8,14,18-21,25-28H,9H2,1H3/t14-,18-,19+,20-,21-/m1/s1. The van der Waals surface area contributed by atoms with Crippen LogP contribution < -0.4 is 4.74 Å². The van der Waals surface area contributed by atoms with E-state index in [9.17, 15) is 24.8 Å². The van der Waals surface area contributed by atoms with E-state index in [0.717, 1.165) is 11.8 Å². The highest BCUT2D eigenvalue weighted by Gasteiger charge is 2.44. The van der Waals surface area contributed by atoms with Crippen LogP contribution in [0.3, 0.4) is 0 Å². The van der Waals surface area contributed by atoms with Gasteiger partial charge in [0.2, 0.25) is 0 Å². The van der Waals surface area contributed by atoms with E-state index >= 15 is 0 Å². The number of aromatic nitrogens is 1. The van der Waals surface area contributed by atoms with Gasteiger partial charge in [0.25, 0.3) is 0 Å². The van der Waals surface area contributed by atoms with E-state index in [1.165, 1.54) is 13.2 Å². The number of methoxy groups -OCH3 is 1. The molecule has 0 spiro atoms. The highest BCUT2D eigenvalue weighted by Crippen LogP contribution is 2.42. The monoisotopic (exact) mass is 469 g/mol. The molecule has 4 rings (SSSR count). The zero-order valence-electron chi connectivity index (χ0n) is 16.4. The van der Waals surface area contributed by atoms with Crippen molar-refractivity contribution < 1.29 is 34.3 Å². The highest BCUT2D eigenvalue weighted by molar-refractivity contribution is 7.99. The normalized spacial score (nSPS) is 26.4. The third kappa shape index (κ3) is 4.03. The van der Waals surface area contributed by atoms with E-state index in [1.54, 1.807) is 41.1 Å². The number of hydrogen-bond acceptors (Lipinski definition) is 7. The van der Waals surface area contributed by atoms with Crippen LogP contribution in [0.4, 0.5) is 4.39 Å². The second kappa shape index (κ2) is 8.95. The Hall–Kier alpha value is -1.85. The Morgan fingerprint density at radius 3 is 2.58 bits per heavy atom. The first kappa shape index (κ1) is 22.3. The Labute approximate surface area is 186 Å². The summed E-state index contributed by atoms with van der Waals surface area (Å²) >= 11 is 7.58. The summed E-state index contributed by atoms with van der Waals surface area (Å²) in [5.41, 5.74) is 0.577. The zero-order valence-corrected chi connectivity index (χ0v) is 17.9. The van der Waals surface area contributed by atoms with E-state index < -0.39 is 43.1 Å². The summed E-state index contributed by atoms with van der Waals surface area (Å²) in [6.07, 6.45) is -4.99. The molecule has 166 valence electrons. The molecule has 7 nitrogen and oxygen atoms in total. The fourth-order valence-electron chi connectivity index (χ4n) is 3.64. The average Bonchev–Trinajstić information content (AvgIpc) is 3.13. The Morgan fingerprint density at radius 2 is 1.90 bits per heavy atom. The number of fused-ring (bicyclic) bond motifs is 1. The topological polar surface area (TPSA) is 104 Å². The van der Waals surface area contributed by atoms with Crippen molar-refractivity contribution in [1.29, 1.82) is 0 Å². The van der Waals surface area contributed by atoms with Crippen LogP contribution in [0.25, 0.3) is 10.9 Å². The third-order valence-corrected chi connectivity index (χ3v) is 6.67. The fraction of sp³-hybridized carbons (Fsp3) is 0.333. The van der Waals surface area contributed by atoms with Crippen LogP contribution in [0.1, 0.15) is 6.23 Å². The number of benzene rings is 2. The summed E-state index contributed by atoms with van der Waals surface area (Å²) in [5, 5.41) is 41.3. The summed E-state index contributed by atoms with van der Waals surface area (Å²) in [6.45, 7) is -0.542. The lowest BCUT2D eigenvalue weighted by Gasteiger charge is -2.40. The second-order valence-corrected chi connectivity index (χ2v) is 8.64. The van der Waals surface area contributed by atoms with Gasteiger partial charge < -0.3 is 34.5 Å². The maximum atomic E-state index is 14.5. The first-order valence-corrected chi connectivity index (χ1v) is 10.7. The van der Waals surface area contributed by atoms with E-state index in [0.29, 0.717) is 31.5 Å². The quantitative estimate of drug-likeness (QED) is 0.455. The molecule has 1 aliphatic rings. The van der Waals surface area contributed by atoms with Gasteiger partial charge in [-0.25, -0.2) is 4.39 Å². The van der Waals surface area contributed by atoms with Crippen molar-refractivity contribution in [2.75, 3.05) is 13.7 Å². The van der Waals surface area contributed by atoms with Crippen LogP contribution in [-0.2, 0) is 4.74 Å². The molecule has 0 unspecified atom stereocenters. The SMILES string of the molecule is COc1ccc(Sc2cn([C@@H]3O[C@H](CO)[C@@H](O)[C@H](O)[C@H]3O)c3cccc(Cl)c23)c(F)c1. The Morgan fingerprint density at radius 1 is 1.13 bits per heavy atom. The molecule has 3 aromatic rings. The van der Waals surface area contributed by atoms with Crippen molar-refractivity contribution in [2.45, 2.75) is 40.4 Å². The van der Waals surface area contributed by atoms with E-state index in [-0.39, 0.29) is 0 Å². The van der Waals surface area contributed by atoms with Crippen LogP contribution in [0, 0.1) is 5.82 Å². The summed E-state index contributed by atoms with van der Waals surface area (Å²) in [7, 11) is 1.45. The van der Waals surface area contributed by atoms with Gasteiger partial charge in [0.1, 0.15) is 36.0 Å². The van der Waals surface area contributed by atoms with Gasteiger partial charge in [-0.15, -0.1) is 0 Å². The molecular formula is C21H21ClFNO6S. The van der Waals surface area contributed by atoms with Crippen molar-refractivity contribution in [3.05, 3.63) is 53.4 Å². The Balaban J connectivity index is 1.79. The lowest BCUT2D eigenvalue weighted by atomic mass is 9.98. The van der Waals surface area contributed by atoms with Crippen molar-refractivity contribution in [3.8, 4) is 5.75 Å². The van der Waals surface area contributed by atoms with E-state index in [2.05, 4.69) is 0 Å². The van der Waals surface area contributed by atoms with Crippen molar-refractivity contribution in [3.63, 3.8) is 0 Å². The van der Waals surface area contributed by atoms with Gasteiger partial charge in [-0.3, -0.25) is 0 Å². The number of halogens is 2. The molecule has 0 radical (unpaired) electrons. The van der Waals surface area contributed by atoms with Crippen LogP contribution in [0.15, 0.2) is 52.4 Å². The number of rotatable bonds is 5. The van der Waals surface area contributed by atoms with Crippen LogP contribution in [0.2, 0.25) is 5.02 Å². The van der Waals surface area contributed by atoms with Crippen LogP contribution in [-0.4, -0.2) is 63.1 Å². The first-order chi connectivity index (χ1) is 14.8. The molecule has 1 fully saturated rings. The molecule has 4 N–H and O–H groups in total. The minimum absolute atomic E-state index is 0.341. The molecule has 0 bridgehead atoms. The number of aliphatic hydroxyl groups excluding tert-OH is 4. The molecule has 5 atom stereocenters. The van der Waals surface area contributed by atoms with Crippen LogP contribution >= 0.6 is 23.4 Å². The largest absolute Gasteiger partial charge is 0.497 e. The zero-order chi connectivity index (χ0) is 22.3. The molecule has 1 saturated heterocycles. The minimum atomic E-state index is -1.53. The van der Waals surface area contributed by atoms with Gasteiger partial charge in [0, 0.05) is 27.4 Å². The highest BCUT2D eigenvalue weighted by atomic mass is 35.5. The van der Waals surface area contributed by atoms with E-state index in [1.807, 2.05) is 0 Å². The van der Waals surface area contributed by atoms with Gasteiger partial charge in [-0.1, -0.05) is 29.4 Å². The predicted octanol–water partition coefficient (Wildman–Crippen LogP) is 2.57. The lowest BCUT2D eigenvalue weighted by molar-refractivity contribution is -0.250. The number of hydrogen-bond donors (Lipinski definition) is 4. The number of aliphatic hydroxyl groups is 4.